The average molecular weight is 264 g/mol. The van der Waals surface area contributed by atoms with E-state index in [-0.39, 0.29) is 11.9 Å². The quantitative estimate of drug-likeness (QED) is 0.782. The number of amides is 1. The molecule has 0 saturated carbocycles. The van der Waals surface area contributed by atoms with E-state index in [0.29, 0.717) is 18.7 Å². The number of carbonyl (C=O) groups is 1. The highest BCUT2D eigenvalue weighted by molar-refractivity contribution is 7.10. The lowest BCUT2D eigenvalue weighted by Crippen LogP contribution is -2.40. The van der Waals surface area contributed by atoms with Gasteiger partial charge < -0.3 is 15.8 Å². The maximum absolute atomic E-state index is 12.0. The molecule has 1 aromatic rings. The summed E-state index contributed by atoms with van der Waals surface area (Å²) in [7, 11) is 0. The summed E-state index contributed by atoms with van der Waals surface area (Å²) in [5.74, 6) is 5.64. The fourth-order valence-electron chi connectivity index (χ4n) is 1.78. The molecule has 18 heavy (non-hydrogen) atoms. The summed E-state index contributed by atoms with van der Waals surface area (Å²) < 4.78 is 5.33. The summed E-state index contributed by atoms with van der Waals surface area (Å²) >= 11 is 1.46. The van der Waals surface area contributed by atoms with E-state index in [4.69, 9.17) is 10.5 Å². The molecule has 1 unspecified atom stereocenters. The van der Waals surface area contributed by atoms with Crippen LogP contribution in [0.25, 0.3) is 0 Å². The van der Waals surface area contributed by atoms with Crippen molar-refractivity contribution in [1.29, 1.82) is 0 Å². The molecule has 0 spiro atoms. The van der Waals surface area contributed by atoms with Gasteiger partial charge in [-0.1, -0.05) is 11.8 Å². The molecule has 1 amide bonds. The number of thiophene rings is 1. The first kappa shape index (κ1) is 13.1. The molecular weight excluding hydrogens is 248 g/mol. The first-order valence-corrected chi connectivity index (χ1v) is 6.83. The molecule has 1 aliphatic rings. The Morgan fingerprint density at radius 3 is 3.28 bits per heavy atom. The van der Waals surface area contributed by atoms with Crippen molar-refractivity contribution in [2.24, 2.45) is 5.73 Å². The third kappa shape index (κ3) is 3.57. The number of carbonyl (C=O) groups excluding carboxylic acids is 1. The van der Waals surface area contributed by atoms with Crippen molar-refractivity contribution >= 4 is 17.2 Å². The van der Waals surface area contributed by atoms with E-state index >= 15 is 0 Å². The highest BCUT2D eigenvalue weighted by atomic mass is 32.1. The number of ether oxygens (including phenoxy) is 1. The normalized spacial score (nSPS) is 18.8. The number of nitrogens with two attached hydrogens (primary N) is 1. The Morgan fingerprint density at radius 1 is 1.67 bits per heavy atom. The average Bonchev–Trinajstić information content (AvgIpc) is 2.86. The fraction of sp³-hybridized carbons (Fsp3) is 0.462. The summed E-state index contributed by atoms with van der Waals surface area (Å²) in [6, 6.07) is 1.93. The highest BCUT2D eigenvalue weighted by Gasteiger charge is 2.17. The van der Waals surface area contributed by atoms with Gasteiger partial charge in [-0.3, -0.25) is 4.79 Å². The molecule has 1 aliphatic heterocycles. The van der Waals surface area contributed by atoms with E-state index in [0.717, 1.165) is 24.3 Å². The van der Waals surface area contributed by atoms with Crippen molar-refractivity contribution in [3.8, 4) is 11.8 Å². The highest BCUT2D eigenvalue weighted by Crippen LogP contribution is 2.14. The minimum atomic E-state index is -0.0532. The van der Waals surface area contributed by atoms with Crippen molar-refractivity contribution in [1.82, 2.24) is 5.32 Å². The second-order valence-corrected chi connectivity index (χ2v) is 5.00. The lowest BCUT2D eigenvalue weighted by molar-refractivity contribution is 0.0624. The van der Waals surface area contributed by atoms with Crippen LogP contribution in [0.3, 0.4) is 0 Å². The Kier molecular flexibility index (Phi) is 4.76. The molecule has 0 aromatic carbocycles. The summed E-state index contributed by atoms with van der Waals surface area (Å²) in [5, 5.41) is 4.79. The van der Waals surface area contributed by atoms with Gasteiger partial charge in [0.1, 0.15) is 0 Å². The number of rotatable bonds is 2. The maximum atomic E-state index is 12.0. The van der Waals surface area contributed by atoms with Crippen LogP contribution in [0, 0.1) is 11.8 Å². The second-order valence-electron chi connectivity index (χ2n) is 4.09. The van der Waals surface area contributed by atoms with E-state index in [2.05, 4.69) is 17.2 Å². The standard InChI is InChI=1S/C13H16N2O2S/c14-5-1-4-12-7-10(9-18-12)13(16)15-11-3-2-6-17-8-11/h7,9,11H,2-3,5-6,8,14H2,(H,15,16). The fourth-order valence-corrected chi connectivity index (χ4v) is 2.54. The van der Waals surface area contributed by atoms with Gasteiger partial charge in [0.15, 0.2) is 0 Å². The molecule has 5 heteroatoms. The Balaban J connectivity index is 1.93. The van der Waals surface area contributed by atoms with E-state index in [9.17, 15) is 4.79 Å². The van der Waals surface area contributed by atoms with Crippen molar-refractivity contribution < 1.29 is 9.53 Å². The molecule has 1 atom stereocenters. The van der Waals surface area contributed by atoms with Crippen LogP contribution < -0.4 is 11.1 Å². The van der Waals surface area contributed by atoms with Gasteiger partial charge in [0.05, 0.1) is 29.6 Å². The van der Waals surface area contributed by atoms with E-state index in [1.807, 2.05) is 5.38 Å². The predicted octanol–water partition coefficient (Wildman–Crippen LogP) is 0.967. The molecule has 1 fully saturated rings. The first-order chi connectivity index (χ1) is 8.79. The molecule has 2 heterocycles. The minimum Gasteiger partial charge on any atom is -0.379 e. The van der Waals surface area contributed by atoms with Crippen LogP contribution in [-0.4, -0.2) is 31.7 Å². The van der Waals surface area contributed by atoms with Crippen molar-refractivity contribution in [2.45, 2.75) is 18.9 Å². The van der Waals surface area contributed by atoms with Crippen molar-refractivity contribution in [2.75, 3.05) is 19.8 Å². The summed E-state index contributed by atoms with van der Waals surface area (Å²) in [6.45, 7) is 1.73. The summed E-state index contributed by atoms with van der Waals surface area (Å²) in [5.41, 5.74) is 5.96. The SMILES string of the molecule is NCC#Cc1cc(C(=O)NC2CCCOC2)cs1. The van der Waals surface area contributed by atoms with Gasteiger partial charge in [-0.05, 0) is 18.9 Å². The smallest absolute Gasteiger partial charge is 0.252 e. The molecule has 3 N–H and O–H groups in total. The van der Waals surface area contributed by atoms with E-state index in [1.54, 1.807) is 6.07 Å². The Hall–Kier alpha value is -1.35. The van der Waals surface area contributed by atoms with Gasteiger partial charge in [-0.2, -0.15) is 0 Å². The zero-order valence-electron chi connectivity index (χ0n) is 10.1. The molecule has 0 aliphatic carbocycles. The summed E-state index contributed by atoms with van der Waals surface area (Å²) in [6.07, 6.45) is 1.98. The zero-order valence-corrected chi connectivity index (χ0v) is 10.9. The third-order valence-corrected chi connectivity index (χ3v) is 3.52. The third-order valence-electron chi connectivity index (χ3n) is 2.67. The van der Waals surface area contributed by atoms with Gasteiger partial charge in [-0.15, -0.1) is 11.3 Å². The van der Waals surface area contributed by atoms with Crippen LogP contribution in [0.5, 0.6) is 0 Å². The van der Waals surface area contributed by atoms with Gasteiger partial charge in [-0.25, -0.2) is 0 Å². The van der Waals surface area contributed by atoms with Crippen LogP contribution >= 0.6 is 11.3 Å². The lowest BCUT2D eigenvalue weighted by Gasteiger charge is -2.22. The van der Waals surface area contributed by atoms with Crippen molar-refractivity contribution in [3.05, 3.63) is 21.9 Å². The molecule has 2 rings (SSSR count). The van der Waals surface area contributed by atoms with Crippen molar-refractivity contribution in [3.63, 3.8) is 0 Å². The van der Waals surface area contributed by atoms with Gasteiger partial charge in [0.2, 0.25) is 0 Å². The number of hydrogen-bond donors (Lipinski definition) is 2. The topological polar surface area (TPSA) is 64.4 Å². The molecule has 0 radical (unpaired) electrons. The largest absolute Gasteiger partial charge is 0.379 e. The molecule has 96 valence electrons. The van der Waals surface area contributed by atoms with Crippen LogP contribution in [0.15, 0.2) is 11.4 Å². The molecule has 1 saturated heterocycles. The second kappa shape index (κ2) is 6.55. The zero-order chi connectivity index (χ0) is 12.8. The van der Waals surface area contributed by atoms with Gasteiger partial charge >= 0.3 is 0 Å². The van der Waals surface area contributed by atoms with Gasteiger partial charge in [0.25, 0.3) is 5.91 Å². The molecule has 1 aromatic heterocycles. The Morgan fingerprint density at radius 2 is 2.56 bits per heavy atom. The van der Waals surface area contributed by atoms with Crippen LogP contribution in [0.1, 0.15) is 28.1 Å². The van der Waals surface area contributed by atoms with E-state index < -0.39 is 0 Å². The summed E-state index contributed by atoms with van der Waals surface area (Å²) in [4.78, 5) is 12.8. The number of nitrogens with one attached hydrogen (secondary N) is 1. The number of hydrogen-bond acceptors (Lipinski definition) is 4. The van der Waals surface area contributed by atoms with Crippen LogP contribution in [-0.2, 0) is 4.74 Å². The minimum absolute atomic E-state index is 0.0532. The van der Waals surface area contributed by atoms with Crippen LogP contribution in [0.2, 0.25) is 0 Å². The predicted molar refractivity (Wildman–Crippen MR) is 71.6 cm³/mol. The van der Waals surface area contributed by atoms with Gasteiger partial charge in [0, 0.05) is 12.0 Å². The lowest BCUT2D eigenvalue weighted by atomic mass is 10.1. The van der Waals surface area contributed by atoms with E-state index in [1.165, 1.54) is 11.3 Å². The molecule has 4 nitrogen and oxygen atoms in total. The maximum Gasteiger partial charge on any atom is 0.252 e. The van der Waals surface area contributed by atoms with Crippen LogP contribution in [0.4, 0.5) is 0 Å². The Labute approximate surface area is 111 Å². The molecule has 0 bridgehead atoms. The molecular formula is C13H16N2O2S. The monoisotopic (exact) mass is 264 g/mol. The Bertz CT molecular complexity index is 467. The first-order valence-electron chi connectivity index (χ1n) is 5.95.